The Hall–Kier alpha value is -1.46. The van der Waals surface area contributed by atoms with Crippen LogP contribution >= 0.6 is 0 Å². The summed E-state index contributed by atoms with van der Waals surface area (Å²) in [6, 6.07) is 0. The van der Waals surface area contributed by atoms with Gasteiger partial charge in [-0.15, -0.1) is 0 Å². The maximum atomic E-state index is 12.0. The summed E-state index contributed by atoms with van der Waals surface area (Å²) < 4.78 is 0. The van der Waals surface area contributed by atoms with E-state index in [2.05, 4.69) is 13.0 Å². The number of carbonyl (C=O) groups is 2. The summed E-state index contributed by atoms with van der Waals surface area (Å²) in [6.07, 6.45) is 10.4. The second-order valence-electron chi connectivity index (χ2n) is 9.66. The Balaban J connectivity index is 1.67. The number of hydrogen-bond acceptors (Lipinski definition) is 4. The zero-order chi connectivity index (χ0) is 19.6. The van der Waals surface area contributed by atoms with Crippen LogP contribution < -0.4 is 0 Å². The van der Waals surface area contributed by atoms with Crippen LogP contribution in [0.4, 0.5) is 0 Å². The van der Waals surface area contributed by atoms with Crippen molar-refractivity contribution >= 4 is 11.8 Å². The predicted molar refractivity (Wildman–Crippen MR) is 99.5 cm³/mol. The largest absolute Gasteiger partial charge is 0.481 e. The number of aliphatic carboxylic acids is 1. The monoisotopic (exact) mass is 374 g/mol. The molecule has 5 heteroatoms. The van der Waals surface area contributed by atoms with Crippen molar-refractivity contribution in [2.24, 2.45) is 34.5 Å². The van der Waals surface area contributed by atoms with Crippen molar-refractivity contribution < 1.29 is 24.9 Å². The van der Waals surface area contributed by atoms with Crippen molar-refractivity contribution in [3.05, 3.63) is 23.8 Å². The third kappa shape index (κ3) is 2.58. The first kappa shape index (κ1) is 18.9. The number of rotatable bonds is 3. The summed E-state index contributed by atoms with van der Waals surface area (Å²) in [6.45, 7) is 4.22. The molecule has 6 atom stereocenters. The van der Waals surface area contributed by atoms with Crippen LogP contribution in [0.15, 0.2) is 23.8 Å². The van der Waals surface area contributed by atoms with Gasteiger partial charge in [0.1, 0.15) is 0 Å². The molecule has 2 saturated carbocycles. The van der Waals surface area contributed by atoms with Gasteiger partial charge in [-0.25, -0.2) is 0 Å². The fourth-order valence-corrected chi connectivity index (χ4v) is 7.00. The van der Waals surface area contributed by atoms with Crippen molar-refractivity contribution in [2.75, 3.05) is 0 Å². The Labute approximate surface area is 160 Å². The lowest BCUT2D eigenvalue weighted by Crippen LogP contribution is -2.60. The van der Waals surface area contributed by atoms with E-state index in [1.54, 1.807) is 6.08 Å². The molecule has 0 saturated heterocycles. The van der Waals surface area contributed by atoms with Crippen LogP contribution in [0.25, 0.3) is 0 Å². The van der Waals surface area contributed by atoms with Crippen molar-refractivity contribution in [3.8, 4) is 0 Å². The lowest BCUT2D eigenvalue weighted by Gasteiger charge is -2.59. The molecule has 0 unspecified atom stereocenters. The second kappa shape index (κ2) is 6.02. The Morgan fingerprint density at radius 3 is 2.63 bits per heavy atom. The highest BCUT2D eigenvalue weighted by atomic mass is 16.5. The van der Waals surface area contributed by atoms with Gasteiger partial charge in [-0.05, 0) is 72.8 Å². The highest BCUT2D eigenvalue weighted by Gasteiger charge is 2.63. The second-order valence-corrected chi connectivity index (χ2v) is 9.66. The summed E-state index contributed by atoms with van der Waals surface area (Å²) >= 11 is 0. The van der Waals surface area contributed by atoms with Gasteiger partial charge in [-0.1, -0.05) is 26.0 Å². The molecule has 0 bridgehead atoms. The van der Waals surface area contributed by atoms with E-state index >= 15 is 0 Å². The fourth-order valence-electron chi connectivity index (χ4n) is 7.00. The molecule has 0 aromatic heterocycles. The average Bonchev–Trinajstić information content (AvgIpc) is 2.90. The zero-order valence-corrected chi connectivity index (χ0v) is 16.1. The van der Waals surface area contributed by atoms with Crippen molar-refractivity contribution in [2.45, 2.75) is 64.6 Å². The van der Waals surface area contributed by atoms with Crippen LogP contribution in [0.3, 0.4) is 0 Å². The minimum atomic E-state index is -2.02. The van der Waals surface area contributed by atoms with E-state index in [1.165, 1.54) is 0 Å². The van der Waals surface area contributed by atoms with Gasteiger partial charge in [0, 0.05) is 6.42 Å². The highest BCUT2D eigenvalue weighted by Crippen LogP contribution is 2.66. The highest BCUT2D eigenvalue weighted by molar-refractivity contribution is 5.93. The summed E-state index contributed by atoms with van der Waals surface area (Å²) in [5.74, 6) is -1.80. The number of fused-ring (bicyclic) bond motifs is 5. The number of carbonyl (C=O) groups excluding carboxylic acids is 1. The molecule has 148 valence electrons. The van der Waals surface area contributed by atoms with Crippen LogP contribution in [0.2, 0.25) is 0 Å². The molecule has 0 aromatic carbocycles. The summed E-state index contributed by atoms with van der Waals surface area (Å²) in [4.78, 5) is 23.0. The molecule has 4 aliphatic rings. The van der Waals surface area contributed by atoms with Crippen molar-refractivity contribution in [3.63, 3.8) is 0 Å². The molecular weight excluding hydrogens is 344 g/mol. The Morgan fingerprint density at radius 1 is 1.19 bits per heavy atom. The predicted octanol–water partition coefficient (Wildman–Crippen LogP) is 3.07. The van der Waals surface area contributed by atoms with Gasteiger partial charge < -0.3 is 15.3 Å². The average molecular weight is 374 g/mol. The molecule has 4 rings (SSSR count). The van der Waals surface area contributed by atoms with E-state index in [9.17, 15) is 19.8 Å². The molecule has 0 spiro atoms. The third-order valence-corrected chi connectivity index (χ3v) is 8.64. The molecule has 3 N–H and O–H groups in total. The summed E-state index contributed by atoms with van der Waals surface area (Å²) in [7, 11) is 0. The Kier molecular flexibility index (Phi) is 4.21. The lowest BCUT2D eigenvalue weighted by atomic mass is 9.47. The van der Waals surface area contributed by atoms with Crippen LogP contribution in [0, 0.1) is 34.5 Å². The summed E-state index contributed by atoms with van der Waals surface area (Å²) in [5, 5.41) is 30.8. The molecule has 4 aliphatic carbocycles. The van der Waals surface area contributed by atoms with Crippen molar-refractivity contribution in [1.29, 1.82) is 0 Å². The molecule has 27 heavy (non-hydrogen) atoms. The smallest absolute Gasteiger partial charge is 0.303 e. The molecule has 5 nitrogen and oxygen atoms in total. The van der Waals surface area contributed by atoms with Crippen LogP contribution in [0.1, 0.15) is 58.8 Å². The Morgan fingerprint density at radius 2 is 1.93 bits per heavy atom. The third-order valence-electron chi connectivity index (χ3n) is 8.64. The molecule has 0 aliphatic heterocycles. The molecule has 2 fully saturated rings. The summed E-state index contributed by atoms with van der Waals surface area (Å²) in [5.41, 5.74) is 0.0197. The number of aliphatic hydroxyl groups is 2. The lowest BCUT2D eigenvalue weighted by molar-refractivity contribution is -0.255. The Bertz CT molecular complexity index is 735. The van der Waals surface area contributed by atoms with Gasteiger partial charge in [0.25, 0.3) is 0 Å². The van der Waals surface area contributed by atoms with Crippen LogP contribution in [-0.2, 0) is 9.59 Å². The van der Waals surface area contributed by atoms with E-state index in [0.717, 1.165) is 37.7 Å². The number of ketones is 1. The molecule has 0 heterocycles. The quantitative estimate of drug-likeness (QED) is 0.660. The standard InChI is InChI=1S/C22H30O5/c1-20-10-9-18-16(17(20)7-4-13(20)5-8-19(24)25)6-3-14-11-15(23)12-22(26,27)21(14,18)2/h3,6,11,13,16-18,26-27H,4-5,7-10,12H2,1-2H3,(H,24,25)/t13-,16-,17-,18-,20+,21-/m0/s1. The van der Waals surface area contributed by atoms with Gasteiger partial charge >= 0.3 is 5.97 Å². The zero-order valence-electron chi connectivity index (χ0n) is 16.1. The number of carboxylic acids is 1. The number of hydrogen-bond donors (Lipinski definition) is 3. The minimum absolute atomic E-state index is 0.0909. The number of carboxylic acid groups (broad SMARTS) is 1. The van der Waals surface area contributed by atoms with Gasteiger partial charge in [0.2, 0.25) is 0 Å². The van der Waals surface area contributed by atoms with Gasteiger partial charge in [0.15, 0.2) is 11.6 Å². The fraction of sp³-hybridized carbons (Fsp3) is 0.727. The van der Waals surface area contributed by atoms with Crippen LogP contribution in [-0.4, -0.2) is 32.9 Å². The van der Waals surface area contributed by atoms with E-state index in [4.69, 9.17) is 5.11 Å². The maximum Gasteiger partial charge on any atom is 0.303 e. The van der Waals surface area contributed by atoms with Gasteiger partial charge in [0.05, 0.1) is 11.8 Å². The van der Waals surface area contributed by atoms with Crippen molar-refractivity contribution in [1.82, 2.24) is 0 Å². The minimum Gasteiger partial charge on any atom is -0.481 e. The first-order chi connectivity index (χ1) is 12.6. The SMILES string of the molecule is C[C@]12CC[C@H]3[C@@H](C=CC4=CC(=O)CC(O)(O)[C@@]43C)[C@@H]1CC[C@H]2CCC(=O)O. The van der Waals surface area contributed by atoms with Crippen LogP contribution in [0.5, 0.6) is 0 Å². The van der Waals surface area contributed by atoms with E-state index < -0.39 is 17.2 Å². The molecular formula is C22H30O5. The molecule has 0 aromatic rings. The van der Waals surface area contributed by atoms with Gasteiger partial charge in [-0.2, -0.15) is 0 Å². The van der Waals surface area contributed by atoms with E-state index in [-0.39, 0.29) is 35.9 Å². The van der Waals surface area contributed by atoms with E-state index in [1.807, 2.05) is 13.0 Å². The first-order valence-corrected chi connectivity index (χ1v) is 10.2. The van der Waals surface area contributed by atoms with Gasteiger partial charge in [-0.3, -0.25) is 9.59 Å². The molecule has 0 amide bonds. The topological polar surface area (TPSA) is 94.8 Å². The first-order valence-electron chi connectivity index (χ1n) is 10.2. The number of allylic oxidation sites excluding steroid dienone is 3. The molecule has 0 radical (unpaired) electrons. The van der Waals surface area contributed by atoms with E-state index in [0.29, 0.717) is 11.8 Å². The maximum absolute atomic E-state index is 12.0. The normalized spacial score (nSPS) is 44.9.